The van der Waals surface area contributed by atoms with E-state index in [2.05, 4.69) is 16.8 Å². The van der Waals surface area contributed by atoms with Gasteiger partial charge < -0.3 is 15.2 Å². The predicted molar refractivity (Wildman–Crippen MR) is 63.5 cm³/mol. The number of hydrogen-bond acceptors (Lipinski definition) is 4. The monoisotopic (exact) mass is 222 g/mol. The molecule has 0 saturated carbocycles. The Morgan fingerprint density at radius 3 is 3.00 bits per heavy atom. The van der Waals surface area contributed by atoms with Gasteiger partial charge in [0.25, 0.3) is 5.56 Å². The minimum atomic E-state index is -0.0372. The van der Waals surface area contributed by atoms with Gasteiger partial charge >= 0.3 is 0 Å². The summed E-state index contributed by atoms with van der Waals surface area (Å²) in [7, 11) is 1.74. The van der Waals surface area contributed by atoms with Crippen molar-refractivity contribution in [1.82, 2.24) is 9.55 Å². The minimum Gasteiger partial charge on any atom is -0.349 e. The maximum Gasteiger partial charge on any atom is 0.293 e. The summed E-state index contributed by atoms with van der Waals surface area (Å²) in [6, 6.07) is 0.533. The van der Waals surface area contributed by atoms with E-state index in [1.54, 1.807) is 24.0 Å². The van der Waals surface area contributed by atoms with Crippen molar-refractivity contribution in [3.8, 4) is 0 Å². The van der Waals surface area contributed by atoms with Gasteiger partial charge in [-0.2, -0.15) is 0 Å². The third-order valence-corrected chi connectivity index (χ3v) is 3.19. The third-order valence-electron chi connectivity index (χ3n) is 3.19. The van der Waals surface area contributed by atoms with E-state index < -0.39 is 0 Å². The Morgan fingerprint density at radius 1 is 1.56 bits per heavy atom. The smallest absolute Gasteiger partial charge is 0.293 e. The highest BCUT2D eigenvalue weighted by Crippen LogP contribution is 2.19. The highest BCUT2D eigenvalue weighted by atomic mass is 16.1. The zero-order chi connectivity index (χ0) is 11.7. The number of nitrogens with two attached hydrogens (primary N) is 1. The van der Waals surface area contributed by atoms with E-state index >= 15 is 0 Å². The van der Waals surface area contributed by atoms with Crippen molar-refractivity contribution in [3.63, 3.8) is 0 Å². The third kappa shape index (κ3) is 1.95. The van der Waals surface area contributed by atoms with Gasteiger partial charge in [-0.1, -0.05) is 0 Å². The molecule has 88 valence electrons. The van der Waals surface area contributed by atoms with Crippen molar-refractivity contribution in [2.75, 3.05) is 11.4 Å². The molecule has 2 rings (SSSR count). The second-order valence-electron chi connectivity index (χ2n) is 4.49. The Bertz CT molecular complexity index is 428. The fourth-order valence-corrected chi connectivity index (χ4v) is 2.20. The van der Waals surface area contributed by atoms with Crippen LogP contribution >= 0.6 is 0 Å². The molecular formula is C11H18N4O. The lowest BCUT2D eigenvalue weighted by Gasteiger charge is -2.36. The summed E-state index contributed by atoms with van der Waals surface area (Å²) in [4.78, 5) is 18.2. The van der Waals surface area contributed by atoms with Crippen molar-refractivity contribution < 1.29 is 0 Å². The predicted octanol–water partition coefficient (Wildman–Crippen LogP) is 0.0963. The topological polar surface area (TPSA) is 64.2 Å². The van der Waals surface area contributed by atoms with Crippen LogP contribution in [-0.2, 0) is 7.05 Å². The molecule has 1 aliphatic rings. The second-order valence-corrected chi connectivity index (χ2v) is 4.49. The van der Waals surface area contributed by atoms with E-state index in [4.69, 9.17) is 5.73 Å². The zero-order valence-corrected chi connectivity index (χ0v) is 9.76. The molecule has 5 nitrogen and oxygen atoms in total. The van der Waals surface area contributed by atoms with Crippen LogP contribution in [0, 0.1) is 0 Å². The molecule has 0 radical (unpaired) electrons. The van der Waals surface area contributed by atoms with Gasteiger partial charge in [0, 0.05) is 38.1 Å². The number of rotatable bonds is 1. The number of aromatic nitrogens is 2. The SMILES string of the molecule is CC1CC(N)CCN1c1nccn(C)c1=O. The molecule has 2 N–H and O–H groups in total. The molecule has 0 spiro atoms. The quantitative estimate of drug-likeness (QED) is 0.731. The highest BCUT2D eigenvalue weighted by Gasteiger charge is 2.25. The van der Waals surface area contributed by atoms with Crippen LogP contribution in [0.2, 0.25) is 0 Å². The average Bonchev–Trinajstić information content (AvgIpc) is 2.23. The van der Waals surface area contributed by atoms with Crippen molar-refractivity contribution >= 4 is 5.82 Å². The maximum absolute atomic E-state index is 11.9. The van der Waals surface area contributed by atoms with E-state index in [-0.39, 0.29) is 17.6 Å². The molecule has 1 saturated heterocycles. The first-order chi connectivity index (χ1) is 7.59. The molecular weight excluding hydrogens is 204 g/mol. The summed E-state index contributed by atoms with van der Waals surface area (Å²) >= 11 is 0. The van der Waals surface area contributed by atoms with Crippen molar-refractivity contribution in [1.29, 1.82) is 0 Å². The van der Waals surface area contributed by atoms with E-state index in [0.29, 0.717) is 5.82 Å². The van der Waals surface area contributed by atoms with Crippen LogP contribution in [0.3, 0.4) is 0 Å². The first-order valence-corrected chi connectivity index (χ1v) is 5.63. The van der Waals surface area contributed by atoms with Gasteiger partial charge in [0.1, 0.15) is 0 Å². The maximum atomic E-state index is 11.9. The van der Waals surface area contributed by atoms with Crippen molar-refractivity contribution in [2.24, 2.45) is 12.8 Å². The Morgan fingerprint density at radius 2 is 2.31 bits per heavy atom. The van der Waals surface area contributed by atoms with Crippen molar-refractivity contribution in [2.45, 2.75) is 31.8 Å². The molecule has 5 heteroatoms. The Labute approximate surface area is 94.9 Å². The molecule has 1 aromatic rings. The molecule has 1 fully saturated rings. The number of hydrogen-bond donors (Lipinski definition) is 1. The van der Waals surface area contributed by atoms with Gasteiger partial charge in [-0.25, -0.2) is 4.98 Å². The molecule has 2 unspecified atom stereocenters. The lowest BCUT2D eigenvalue weighted by molar-refractivity contribution is 0.425. The molecule has 0 aliphatic carbocycles. The van der Waals surface area contributed by atoms with Crippen LogP contribution in [0.5, 0.6) is 0 Å². The number of anilines is 1. The molecule has 2 atom stereocenters. The Kier molecular flexibility index (Phi) is 2.96. The van der Waals surface area contributed by atoms with Crippen LogP contribution in [0.25, 0.3) is 0 Å². The van der Waals surface area contributed by atoms with Crippen molar-refractivity contribution in [3.05, 3.63) is 22.7 Å². The molecule has 0 aromatic carbocycles. The van der Waals surface area contributed by atoms with Crippen LogP contribution in [0.4, 0.5) is 5.82 Å². The molecule has 1 aliphatic heterocycles. The fourth-order valence-electron chi connectivity index (χ4n) is 2.20. The largest absolute Gasteiger partial charge is 0.349 e. The van der Waals surface area contributed by atoms with Gasteiger partial charge in [0.05, 0.1) is 0 Å². The standard InChI is InChI=1S/C11H18N4O/c1-8-7-9(12)3-5-15(8)10-11(16)14(2)6-4-13-10/h4,6,8-9H,3,5,7,12H2,1-2H3. The van der Waals surface area contributed by atoms with E-state index in [0.717, 1.165) is 19.4 Å². The summed E-state index contributed by atoms with van der Waals surface area (Å²) in [6.45, 7) is 2.90. The highest BCUT2D eigenvalue weighted by molar-refractivity contribution is 5.37. The first kappa shape index (κ1) is 11.1. The lowest BCUT2D eigenvalue weighted by atomic mass is 9.99. The summed E-state index contributed by atoms with van der Waals surface area (Å²) < 4.78 is 1.56. The van der Waals surface area contributed by atoms with Crippen LogP contribution in [-0.4, -0.2) is 28.2 Å². The van der Waals surface area contributed by atoms with E-state index in [9.17, 15) is 4.79 Å². The average molecular weight is 222 g/mol. The molecule has 1 aromatic heterocycles. The Balaban J connectivity index is 2.31. The van der Waals surface area contributed by atoms with E-state index in [1.165, 1.54) is 0 Å². The van der Waals surface area contributed by atoms with Crippen LogP contribution in [0.1, 0.15) is 19.8 Å². The molecule has 2 heterocycles. The zero-order valence-electron chi connectivity index (χ0n) is 9.76. The van der Waals surface area contributed by atoms with Gasteiger partial charge in [-0.3, -0.25) is 4.79 Å². The minimum absolute atomic E-state index is 0.0372. The molecule has 16 heavy (non-hydrogen) atoms. The van der Waals surface area contributed by atoms with Gasteiger partial charge in [-0.15, -0.1) is 0 Å². The van der Waals surface area contributed by atoms with Crippen LogP contribution in [0.15, 0.2) is 17.2 Å². The van der Waals surface area contributed by atoms with Crippen LogP contribution < -0.4 is 16.2 Å². The number of nitrogens with zero attached hydrogens (tertiary/aromatic N) is 3. The van der Waals surface area contributed by atoms with Gasteiger partial charge in [0.15, 0.2) is 5.82 Å². The number of piperidine rings is 1. The molecule has 0 amide bonds. The van der Waals surface area contributed by atoms with Gasteiger partial charge in [0.2, 0.25) is 0 Å². The summed E-state index contributed by atoms with van der Waals surface area (Å²) in [5.74, 6) is 0.546. The Hall–Kier alpha value is -1.36. The lowest BCUT2D eigenvalue weighted by Crippen LogP contribution is -2.48. The first-order valence-electron chi connectivity index (χ1n) is 5.63. The summed E-state index contributed by atoms with van der Waals surface area (Å²) in [5.41, 5.74) is 5.87. The van der Waals surface area contributed by atoms with E-state index in [1.807, 2.05) is 0 Å². The normalized spacial score (nSPS) is 25.8. The summed E-state index contributed by atoms with van der Waals surface area (Å²) in [5, 5.41) is 0. The number of aryl methyl sites for hydroxylation is 1. The second kappa shape index (κ2) is 4.25. The summed E-state index contributed by atoms with van der Waals surface area (Å²) in [6.07, 6.45) is 5.17. The molecule has 0 bridgehead atoms. The fraction of sp³-hybridized carbons (Fsp3) is 0.636. The van der Waals surface area contributed by atoms with Gasteiger partial charge in [-0.05, 0) is 19.8 Å².